The van der Waals surface area contributed by atoms with Gasteiger partial charge in [-0.2, -0.15) is 0 Å². The summed E-state index contributed by atoms with van der Waals surface area (Å²) in [5.41, 5.74) is 3.73. The van der Waals surface area contributed by atoms with Gasteiger partial charge in [0.15, 0.2) is 6.10 Å². The lowest BCUT2D eigenvalue weighted by Gasteiger charge is -2.63. The maximum Gasteiger partial charge on any atom is 0.407 e. The van der Waals surface area contributed by atoms with E-state index in [2.05, 4.69) is 39.9 Å². The van der Waals surface area contributed by atoms with Crippen LogP contribution >= 0.6 is 0 Å². The van der Waals surface area contributed by atoms with Crippen LogP contribution in [-0.4, -0.2) is 59.3 Å². The van der Waals surface area contributed by atoms with Crippen LogP contribution in [0.3, 0.4) is 0 Å². The Hall–Kier alpha value is -1.42. The molecule has 5 saturated carbocycles. The summed E-state index contributed by atoms with van der Waals surface area (Å²) in [4.78, 5) is 24.5. The van der Waals surface area contributed by atoms with E-state index in [0.717, 1.165) is 44.9 Å². The molecule has 3 radical (unpaired) electrons. The molecule has 0 bridgehead atoms. The van der Waals surface area contributed by atoms with Crippen molar-refractivity contribution >= 4 is 12.1 Å². The predicted molar refractivity (Wildman–Crippen MR) is 164 cm³/mol. The Morgan fingerprint density at radius 1 is 1.16 bits per heavy atom. The van der Waals surface area contributed by atoms with Gasteiger partial charge in [0.2, 0.25) is 0 Å². The van der Waals surface area contributed by atoms with Crippen molar-refractivity contribution < 1.29 is 34.0 Å². The molecule has 6 aliphatic rings. The van der Waals surface area contributed by atoms with Crippen molar-refractivity contribution in [2.45, 2.75) is 131 Å². The molecule has 247 valence electrons. The summed E-state index contributed by atoms with van der Waals surface area (Å²) in [6.07, 6.45) is 6.69. The molecule has 1 heterocycles. The van der Waals surface area contributed by atoms with Gasteiger partial charge in [0, 0.05) is 36.8 Å². The lowest BCUT2D eigenvalue weighted by atomic mass is 9.41. The normalized spacial score (nSPS) is 45.6. The molecule has 1 unspecified atom stereocenters. The van der Waals surface area contributed by atoms with E-state index in [0.29, 0.717) is 37.6 Å². The molecule has 44 heavy (non-hydrogen) atoms. The van der Waals surface area contributed by atoms with Gasteiger partial charge in [0.05, 0.1) is 11.7 Å². The van der Waals surface area contributed by atoms with Gasteiger partial charge in [0.25, 0.3) is 0 Å². The zero-order chi connectivity index (χ0) is 32.3. The molecule has 1 amide bonds. The molecular formula is C35H55N2O7. The summed E-state index contributed by atoms with van der Waals surface area (Å²) >= 11 is 0. The number of hydrogen-bond acceptors (Lipinski definition) is 8. The van der Waals surface area contributed by atoms with Gasteiger partial charge in [-0.15, -0.1) is 0 Å². The highest BCUT2D eigenvalue weighted by atomic mass is 16.6. The first-order valence-electron chi connectivity index (χ1n) is 16.9. The van der Waals surface area contributed by atoms with Crippen LogP contribution in [0.4, 0.5) is 4.79 Å². The fraction of sp³-hybridized carbons (Fsp3) is 0.857. The molecular weight excluding hydrogens is 560 g/mol. The average molecular weight is 616 g/mol. The van der Waals surface area contributed by atoms with Gasteiger partial charge in [-0.25, -0.2) is 4.79 Å². The summed E-state index contributed by atoms with van der Waals surface area (Å²) in [5, 5.41) is 26.1. The predicted octanol–water partition coefficient (Wildman–Crippen LogP) is 4.84. The maximum absolute atomic E-state index is 12.5. The van der Waals surface area contributed by atoms with Gasteiger partial charge in [-0.05, 0) is 99.2 Å². The maximum atomic E-state index is 12.5. The number of rotatable bonds is 6. The minimum absolute atomic E-state index is 0.0657. The first-order valence-corrected chi connectivity index (χ1v) is 16.9. The van der Waals surface area contributed by atoms with E-state index in [-0.39, 0.29) is 45.7 Å². The van der Waals surface area contributed by atoms with E-state index in [1.54, 1.807) is 13.8 Å². The molecule has 5 aliphatic carbocycles. The molecule has 5 N–H and O–H groups in total. The highest BCUT2D eigenvalue weighted by molar-refractivity contribution is 5.67. The Bertz CT molecular complexity index is 1170. The smallest absolute Gasteiger partial charge is 0.407 e. The summed E-state index contributed by atoms with van der Waals surface area (Å²) in [6.45, 7) is 16.8. The van der Waals surface area contributed by atoms with Crippen molar-refractivity contribution in [1.82, 2.24) is 5.32 Å². The molecule has 9 nitrogen and oxygen atoms in total. The van der Waals surface area contributed by atoms with Gasteiger partial charge < -0.3 is 35.5 Å². The molecule has 1 saturated heterocycles. The Kier molecular flexibility index (Phi) is 7.60. The SMILES string of the molecule is CC(=O)O[C@@H]([C]1C[C@@H](C)[C@H]2[C](O1)[C@H](O)[C@@]1(C)[C]3CC[C@H]4C(C)(C)C(OC(=O)NCCN)CC[C@@]45C[C@@]35CC[C@]21C)C(C)(C)O. The second-order valence-corrected chi connectivity index (χ2v) is 16.7. The molecule has 0 aromatic heterocycles. The van der Waals surface area contributed by atoms with E-state index in [1.165, 1.54) is 12.8 Å². The van der Waals surface area contributed by atoms with Gasteiger partial charge >= 0.3 is 12.1 Å². The van der Waals surface area contributed by atoms with Crippen LogP contribution in [0.5, 0.6) is 0 Å². The summed E-state index contributed by atoms with van der Waals surface area (Å²) < 4.78 is 18.2. The molecule has 6 rings (SSSR count). The lowest BCUT2D eigenvalue weighted by molar-refractivity contribution is -0.171. The summed E-state index contributed by atoms with van der Waals surface area (Å²) in [5.74, 6) is 1.71. The number of carbonyl (C=O) groups excluding carboxylic acids is 2. The second-order valence-electron chi connectivity index (χ2n) is 16.7. The number of aliphatic hydroxyl groups excluding tert-OH is 1. The van der Waals surface area contributed by atoms with Crippen molar-refractivity contribution in [1.29, 1.82) is 0 Å². The number of fused-ring (bicyclic) bond motifs is 4. The van der Waals surface area contributed by atoms with Crippen LogP contribution < -0.4 is 11.1 Å². The Labute approximate surface area is 263 Å². The lowest BCUT2D eigenvalue weighted by Crippen LogP contribution is -2.59. The van der Waals surface area contributed by atoms with Crippen molar-refractivity contribution in [3.63, 3.8) is 0 Å². The Morgan fingerprint density at radius 2 is 1.86 bits per heavy atom. The third-order valence-electron chi connectivity index (χ3n) is 13.9. The fourth-order valence-corrected chi connectivity index (χ4v) is 11.9. The zero-order valence-corrected chi connectivity index (χ0v) is 28.0. The molecule has 9 heteroatoms. The van der Waals surface area contributed by atoms with Crippen molar-refractivity contribution in [2.75, 3.05) is 13.1 Å². The summed E-state index contributed by atoms with van der Waals surface area (Å²) in [7, 11) is 0. The molecule has 2 spiro atoms. The molecule has 10 atom stereocenters. The highest BCUT2D eigenvalue weighted by Crippen LogP contribution is 2.90. The Balaban J connectivity index is 1.27. The fourth-order valence-electron chi connectivity index (χ4n) is 11.9. The van der Waals surface area contributed by atoms with Crippen LogP contribution in [0, 0.1) is 63.0 Å². The number of hydrogen-bond donors (Lipinski definition) is 4. The minimum atomic E-state index is -1.32. The van der Waals surface area contributed by atoms with E-state index in [4.69, 9.17) is 19.9 Å². The largest absolute Gasteiger partial charge is 0.456 e. The molecule has 6 fully saturated rings. The summed E-state index contributed by atoms with van der Waals surface area (Å²) in [6, 6.07) is 0. The first kappa shape index (κ1) is 32.5. The third kappa shape index (κ3) is 4.23. The molecule has 0 aromatic carbocycles. The van der Waals surface area contributed by atoms with Gasteiger partial charge in [0.1, 0.15) is 18.3 Å². The number of ether oxygens (including phenoxy) is 3. The second kappa shape index (κ2) is 10.3. The zero-order valence-electron chi connectivity index (χ0n) is 28.0. The molecule has 1 aliphatic heterocycles. The Morgan fingerprint density at radius 3 is 2.50 bits per heavy atom. The van der Waals surface area contributed by atoms with Gasteiger partial charge in [-0.3, -0.25) is 4.79 Å². The number of alkyl carbamates (subject to hydrolysis) is 1. The first-order chi connectivity index (χ1) is 20.4. The monoisotopic (exact) mass is 615 g/mol. The van der Waals surface area contributed by atoms with Gasteiger partial charge in [-0.1, -0.05) is 34.6 Å². The topological polar surface area (TPSA) is 140 Å². The number of nitrogens with two attached hydrogens (primary N) is 1. The molecule has 0 aromatic rings. The van der Waals surface area contributed by atoms with E-state index >= 15 is 0 Å². The van der Waals surface area contributed by atoms with Crippen molar-refractivity contribution in [2.24, 2.45) is 50.6 Å². The average Bonchev–Trinajstić information content (AvgIpc) is 3.56. The van der Waals surface area contributed by atoms with Crippen LogP contribution in [0.25, 0.3) is 0 Å². The number of nitrogens with one attached hydrogen (secondary N) is 1. The third-order valence-corrected chi connectivity index (χ3v) is 13.9. The van der Waals surface area contributed by atoms with Crippen LogP contribution in [-0.2, 0) is 19.0 Å². The number of amides is 1. The number of aliphatic hydroxyl groups is 2. The van der Waals surface area contributed by atoms with Crippen LogP contribution in [0.2, 0.25) is 0 Å². The van der Waals surface area contributed by atoms with E-state index in [1.807, 2.05) is 0 Å². The number of carbonyl (C=O) groups is 2. The van der Waals surface area contributed by atoms with Crippen LogP contribution in [0.1, 0.15) is 107 Å². The van der Waals surface area contributed by atoms with Crippen molar-refractivity contribution in [3.05, 3.63) is 18.1 Å². The van der Waals surface area contributed by atoms with Crippen LogP contribution in [0.15, 0.2) is 0 Å². The standard InChI is InChI=1S/C35H55N2O7/c1-19-17-21(28(31(5,6)41)42-20(2)38)43-26-25(19)32(7)13-14-35-18-34(35)12-11-24(44-29(40)37-16-15-36)30(3,4)22(34)9-10-23(35)33(32,8)27(26)39/h19,22,24-25,27-28,39,41H,9-18,36H2,1-8H3,(H,37,40)/t19-,22+,24?,25+,27+,28+,32-,33-,34-,35+/m1/s1. The minimum Gasteiger partial charge on any atom is -0.456 e. The number of esters is 1. The highest BCUT2D eigenvalue weighted by Gasteiger charge is 2.85. The van der Waals surface area contributed by atoms with E-state index in [9.17, 15) is 19.8 Å². The van der Waals surface area contributed by atoms with Crippen molar-refractivity contribution in [3.8, 4) is 0 Å². The quantitative estimate of drug-likeness (QED) is 0.311. The van der Waals surface area contributed by atoms with E-state index < -0.39 is 29.2 Å².